The summed E-state index contributed by atoms with van der Waals surface area (Å²) < 4.78 is 10.2. The second-order valence-corrected chi connectivity index (χ2v) is 4.77. The van der Waals surface area contributed by atoms with Gasteiger partial charge in [0.25, 0.3) is 0 Å². The SMILES string of the molecule is COc1ccc(NC(=O)/C=C(\C)c2ccc(OC)cc2)cc1. The van der Waals surface area contributed by atoms with Crippen LogP contribution >= 0.6 is 0 Å². The fourth-order valence-corrected chi connectivity index (χ4v) is 1.99. The molecule has 0 fully saturated rings. The molecular weight excluding hydrogens is 278 g/mol. The van der Waals surface area contributed by atoms with Gasteiger partial charge in [-0.25, -0.2) is 0 Å². The number of hydrogen-bond acceptors (Lipinski definition) is 3. The van der Waals surface area contributed by atoms with Crippen molar-refractivity contribution < 1.29 is 14.3 Å². The van der Waals surface area contributed by atoms with E-state index in [2.05, 4.69) is 5.32 Å². The number of allylic oxidation sites excluding steroid dienone is 1. The lowest BCUT2D eigenvalue weighted by Gasteiger charge is -2.06. The molecule has 4 heteroatoms. The number of carbonyl (C=O) groups is 1. The first-order chi connectivity index (χ1) is 10.6. The Kier molecular flexibility index (Phi) is 5.20. The number of rotatable bonds is 5. The van der Waals surface area contributed by atoms with Crippen molar-refractivity contribution in [1.82, 2.24) is 0 Å². The van der Waals surface area contributed by atoms with Gasteiger partial charge in [-0.15, -0.1) is 0 Å². The summed E-state index contributed by atoms with van der Waals surface area (Å²) >= 11 is 0. The van der Waals surface area contributed by atoms with Crippen LogP contribution in [0, 0.1) is 0 Å². The molecule has 2 aromatic carbocycles. The van der Waals surface area contributed by atoms with E-state index in [4.69, 9.17) is 9.47 Å². The van der Waals surface area contributed by atoms with E-state index >= 15 is 0 Å². The molecule has 2 aromatic rings. The third kappa shape index (κ3) is 4.12. The Labute approximate surface area is 130 Å². The van der Waals surface area contributed by atoms with Crippen molar-refractivity contribution >= 4 is 17.2 Å². The Morgan fingerprint density at radius 2 is 1.41 bits per heavy atom. The van der Waals surface area contributed by atoms with Crippen molar-refractivity contribution in [2.75, 3.05) is 19.5 Å². The summed E-state index contributed by atoms with van der Waals surface area (Å²) in [5.74, 6) is 1.38. The van der Waals surface area contributed by atoms with Gasteiger partial charge in [0.2, 0.25) is 5.91 Å². The molecule has 22 heavy (non-hydrogen) atoms. The van der Waals surface area contributed by atoms with Crippen LogP contribution in [0.4, 0.5) is 5.69 Å². The summed E-state index contributed by atoms with van der Waals surface area (Å²) in [4.78, 5) is 12.0. The lowest BCUT2D eigenvalue weighted by molar-refractivity contribution is -0.111. The molecule has 114 valence electrons. The number of methoxy groups -OCH3 is 2. The topological polar surface area (TPSA) is 47.6 Å². The Bertz CT molecular complexity index is 658. The molecule has 0 atom stereocenters. The van der Waals surface area contributed by atoms with E-state index in [1.54, 1.807) is 44.6 Å². The quantitative estimate of drug-likeness (QED) is 0.855. The second kappa shape index (κ2) is 7.31. The maximum absolute atomic E-state index is 12.0. The first kappa shape index (κ1) is 15.6. The van der Waals surface area contributed by atoms with Gasteiger partial charge in [0.05, 0.1) is 14.2 Å². The molecule has 0 heterocycles. The van der Waals surface area contributed by atoms with Crippen molar-refractivity contribution in [2.45, 2.75) is 6.92 Å². The van der Waals surface area contributed by atoms with Crippen LogP contribution < -0.4 is 14.8 Å². The zero-order valence-corrected chi connectivity index (χ0v) is 12.9. The van der Waals surface area contributed by atoms with Crippen molar-refractivity contribution in [1.29, 1.82) is 0 Å². The average molecular weight is 297 g/mol. The Balaban J connectivity index is 2.04. The summed E-state index contributed by atoms with van der Waals surface area (Å²) in [5.41, 5.74) is 2.59. The van der Waals surface area contributed by atoms with Gasteiger partial charge in [0.1, 0.15) is 11.5 Å². The molecule has 0 radical (unpaired) electrons. The first-order valence-corrected chi connectivity index (χ1v) is 6.90. The van der Waals surface area contributed by atoms with E-state index < -0.39 is 0 Å². The molecule has 0 unspecified atom stereocenters. The number of nitrogens with one attached hydrogen (secondary N) is 1. The highest BCUT2D eigenvalue weighted by atomic mass is 16.5. The predicted molar refractivity (Wildman–Crippen MR) is 88.3 cm³/mol. The lowest BCUT2D eigenvalue weighted by Crippen LogP contribution is -2.08. The van der Waals surface area contributed by atoms with E-state index in [1.807, 2.05) is 31.2 Å². The predicted octanol–water partition coefficient (Wildman–Crippen LogP) is 3.75. The molecule has 0 aliphatic heterocycles. The second-order valence-electron chi connectivity index (χ2n) is 4.77. The van der Waals surface area contributed by atoms with Crippen molar-refractivity contribution in [3.05, 3.63) is 60.2 Å². The van der Waals surface area contributed by atoms with E-state index in [1.165, 1.54) is 0 Å². The molecule has 2 rings (SSSR count). The van der Waals surface area contributed by atoms with Crippen molar-refractivity contribution in [3.8, 4) is 11.5 Å². The fourth-order valence-electron chi connectivity index (χ4n) is 1.99. The van der Waals surface area contributed by atoms with Crippen LogP contribution in [0.15, 0.2) is 54.6 Å². The van der Waals surface area contributed by atoms with Gasteiger partial charge in [0, 0.05) is 11.8 Å². The van der Waals surface area contributed by atoms with Crippen LogP contribution in [0.1, 0.15) is 12.5 Å². The van der Waals surface area contributed by atoms with Crippen molar-refractivity contribution in [2.24, 2.45) is 0 Å². The largest absolute Gasteiger partial charge is 0.497 e. The minimum absolute atomic E-state index is 0.168. The zero-order valence-electron chi connectivity index (χ0n) is 12.9. The average Bonchev–Trinajstić information content (AvgIpc) is 2.55. The third-order valence-corrected chi connectivity index (χ3v) is 3.25. The third-order valence-electron chi connectivity index (χ3n) is 3.25. The maximum Gasteiger partial charge on any atom is 0.248 e. The molecule has 0 saturated heterocycles. The summed E-state index contributed by atoms with van der Waals surface area (Å²) in [6, 6.07) is 14.8. The Morgan fingerprint density at radius 1 is 0.909 bits per heavy atom. The number of hydrogen-bond donors (Lipinski definition) is 1. The van der Waals surface area contributed by atoms with Crippen LogP contribution in [0.5, 0.6) is 11.5 Å². The monoisotopic (exact) mass is 297 g/mol. The zero-order chi connectivity index (χ0) is 15.9. The molecule has 0 aromatic heterocycles. The minimum atomic E-state index is -0.168. The smallest absolute Gasteiger partial charge is 0.248 e. The minimum Gasteiger partial charge on any atom is -0.497 e. The molecule has 1 amide bonds. The van der Waals surface area contributed by atoms with Crippen LogP contribution in [-0.2, 0) is 4.79 Å². The van der Waals surface area contributed by atoms with Gasteiger partial charge in [-0.05, 0) is 54.5 Å². The summed E-state index contributed by atoms with van der Waals surface area (Å²) in [6.45, 7) is 1.90. The van der Waals surface area contributed by atoms with E-state index in [0.717, 1.165) is 28.3 Å². The highest BCUT2D eigenvalue weighted by Crippen LogP contribution is 2.19. The summed E-state index contributed by atoms with van der Waals surface area (Å²) in [7, 11) is 3.23. The van der Waals surface area contributed by atoms with Gasteiger partial charge >= 0.3 is 0 Å². The number of benzene rings is 2. The van der Waals surface area contributed by atoms with E-state index in [0.29, 0.717) is 0 Å². The standard InChI is InChI=1S/C18H19NO3/c1-13(14-4-8-16(21-2)9-5-14)12-18(20)19-15-6-10-17(22-3)11-7-15/h4-12H,1-3H3,(H,19,20)/b13-12+. The summed E-state index contributed by atoms with van der Waals surface area (Å²) in [6.07, 6.45) is 1.58. The van der Waals surface area contributed by atoms with Crippen LogP contribution in [0.25, 0.3) is 5.57 Å². The maximum atomic E-state index is 12.0. The number of ether oxygens (including phenoxy) is 2. The van der Waals surface area contributed by atoms with Crippen LogP contribution in [0.3, 0.4) is 0 Å². The van der Waals surface area contributed by atoms with Crippen molar-refractivity contribution in [3.63, 3.8) is 0 Å². The van der Waals surface area contributed by atoms with Gasteiger partial charge in [-0.1, -0.05) is 12.1 Å². The van der Waals surface area contributed by atoms with Gasteiger partial charge in [-0.2, -0.15) is 0 Å². The molecule has 0 saturated carbocycles. The van der Waals surface area contributed by atoms with Crippen LogP contribution in [0.2, 0.25) is 0 Å². The molecular formula is C18H19NO3. The molecule has 1 N–H and O–H groups in total. The Hall–Kier alpha value is -2.75. The summed E-state index contributed by atoms with van der Waals surface area (Å²) in [5, 5.41) is 2.82. The highest BCUT2D eigenvalue weighted by molar-refractivity contribution is 6.03. The first-order valence-electron chi connectivity index (χ1n) is 6.90. The van der Waals surface area contributed by atoms with Gasteiger partial charge < -0.3 is 14.8 Å². The Morgan fingerprint density at radius 3 is 1.91 bits per heavy atom. The number of amides is 1. The molecule has 4 nitrogen and oxygen atoms in total. The van der Waals surface area contributed by atoms with Gasteiger partial charge in [-0.3, -0.25) is 4.79 Å². The van der Waals surface area contributed by atoms with E-state index in [-0.39, 0.29) is 5.91 Å². The normalized spacial score (nSPS) is 11.0. The molecule has 0 bridgehead atoms. The van der Waals surface area contributed by atoms with Gasteiger partial charge in [0.15, 0.2) is 0 Å². The van der Waals surface area contributed by atoms with E-state index in [9.17, 15) is 4.79 Å². The number of anilines is 1. The number of carbonyl (C=O) groups excluding carboxylic acids is 1. The molecule has 0 spiro atoms. The molecule has 0 aliphatic rings. The fraction of sp³-hybridized carbons (Fsp3) is 0.167. The highest BCUT2D eigenvalue weighted by Gasteiger charge is 2.02. The molecule has 0 aliphatic carbocycles. The lowest BCUT2D eigenvalue weighted by atomic mass is 10.1. The van der Waals surface area contributed by atoms with Crippen LogP contribution in [-0.4, -0.2) is 20.1 Å².